The molecule has 1 saturated carbocycles. The first kappa shape index (κ1) is 14.0. The van der Waals surface area contributed by atoms with E-state index in [4.69, 9.17) is 4.74 Å². The first-order valence-electron chi connectivity index (χ1n) is 5.02. The van der Waals surface area contributed by atoms with Crippen LogP contribution >= 0.6 is 0 Å². The zero-order valence-electron chi connectivity index (χ0n) is 8.55. The second kappa shape index (κ2) is 8.27. The molecule has 2 nitrogen and oxygen atoms in total. The monoisotopic (exact) mass is 258 g/mol. The van der Waals surface area contributed by atoms with Crippen molar-refractivity contribution in [3.63, 3.8) is 0 Å². The van der Waals surface area contributed by atoms with Crippen LogP contribution in [0.4, 0.5) is 0 Å². The molecule has 0 aliphatic heterocycles. The summed E-state index contributed by atoms with van der Waals surface area (Å²) in [4.78, 5) is 11.1. The molecule has 0 aromatic carbocycles. The molecular formula is C10H18O2Sr. The summed E-state index contributed by atoms with van der Waals surface area (Å²) in [5, 5.41) is 0. The van der Waals surface area contributed by atoms with E-state index in [2.05, 4.69) is 0 Å². The number of carbonyl (C=O) groups excluding carboxylic acids is 1. The maximum atomic E-state index is 11.1. The molecule has 0 N–H and O–H groups in total. The second-order valence-corrected chi connectivity index (χ2v) is 3.50. The molecule has 0 aromatic rings. The Bertz CT molecular complexity index is 142. The van der Waals surface area contributed by atoms with Crippen LogP contribution in [0.15, 0.2) is 0 Å². The van der Waals surface area contributed by atoms with Gasteiger partial charge in [-0.15, -0.1) is 0 Å². The van der Waals surface area contributed by atoms with Crippen LogP contribution in [0.3, 0.4) is 0 Å². The van der Waals surface area contributed by atoms with Gasteiger partial charge in [0.25, 0.3) is 0 Å². The van der Waals surface area contributed by atoms with Crippen LogP contribution in [0.1, 0.15) is 51.9 Å². The van der Waals surface area contributed by atoms with Crippen LogP contribution in [-0.2, 0) is 9.53 Å². The van der Waals surface area contributed by atoms with Gasteiger partial charge in [0.15, 0.2) is 0 Å². The van der Waals surface area contributed by atoms with Crippen molar-refractivity contribution in [2.45, 2.75) is 58.0 Å². The fourth-order valence-electron chi connectivity index (χ4n) is 1.63. The van der Waals surface area contributed by atoms with Gasteiger partial charge in [0, 0.05) is 51.9 Å². The SMILES string of the molecule is CCCC(=O)OC1CCCCC1.[Sr]. The molecule has 0 aromatic heterocycles. The third kappa shape index (κ3) is 6.10. The van der Waals surface area contributed by atoms with Crippen molar-refractivity contribution in [2.24, 2.45) is 0 Å². The number of hydrogen-bond donors (Lipinski definition) is 0. The molecule has 0 spiro atoms. The minimum atomic E-state index is -0.00981. The Morgan fingerprint density at radius 2 is 1.92 bits per heavy atom. The molecule has 0 bridgehead atoms. The van der Waals surface area contributed by atoms with Crippen LogP contribution in [0.25, 0.3) is 0 Å². The summed E-state index contributed by atoms with van der Waals surface area (Å²) >= 11 is 0. The van der Waals surface area contributed by atoms with Crippen molar-refractivity contribution >= 4 is 51.5 Å². The Labute approximate surface area is 118 Å². The molecule has 13 heavy (non-hydrogen) atoms. The molecule has 1 aliphatic rings. The molecule has 0 amide bonds. The van der Waals surface area contributed by atoms with Crippen molar-refractivity contribution < 1.29 is 9.53 Å². The quantitative estimate of drug-likeness (QED) is 0.573. The normalized spacial score (nSPS) is 17.6. The summed E-state index contributed by atoms with van der Waals surface area (Å²) in [6, 6.07) is 0. The molecule has 0 atom stereocenters. The molecule has 72 valence electrons. The van der Waals surface area contributed by atoms with Gasteiger partial charge in [0.1, 0.15) is 6.10 Å². The summed E-state index contributed by atoms with van der Waals surface area (Å²) in [7, 11) is 0. The van der Waals surface area contributed by atoms with Crippen LogP contribution < -0.4 is 0 Å². The molecular weight excluding hydrogens is 240 g/mol. The van der Waals surface area contributed by atoms with Gasteiger partial charge in [-0.25, -0.2) is 0 Å². The molecule has 1 fully saturated rings. The van der Waals surface area contributed by atoms with E-state index in [0.29, 0.717) is 6.42 Å². The Morgan fingerprint density at radius 1 is 1.31 bits per heavy atom. The summed E-state index contributed by atoms with van der Waals surface area (Å²) in [6.45, 7) is 2.00. The predicted octanol–water partition coefficient (Wildman–Crippen LogP) is 2.28. The second-order valence-electron chi connectivity index (χ2n) is 3.50. The van der Waals surface area contributed by atoms with Gasteiger partial charge in [0.2, 0.25) is 0 Å². The van der Waals surface area contributed by atoms with E-state index < -0.39 is 0 Å². The topological polar surface area (TPSA) is 26.3 Å². The molecule has 0 unspecified atom stereocenters. The van der Waals surface area contributed by atoms with Gasteiger partial charge in [-0.2, -0.15) is 0 Å². The standard InChI is InChI=1S/C10H18O2.Sr/c1-2-6-10(11)12-9-7-4-3-5-8-9;/h9H,2-8H2,1H3;. The van der Waals surface area contributed by atoms with Crippen molar-refractivity contribution in [3.8, 4) is 0 Å². The van der Waals surface area contributed by atoms with E-state index in [9.17, 15) is 4.79 Å². The van der Waals surface area contributed by atoms with Gasteiger partial charge in [-0.05, 0) is 32.1 Å². The largest absolute Gasteiger partial charge is 0.462 e. The molecule has 1 aliphatic carbocycles. The molecule has 1 rings (SSSR count). The number of carbonyl (C=O) groups is 1. The van der Waals surface area contributed by atoms with Gasteiger partial charge in [-0.3, -0.25) is 4.79 Å². The predicted molar refractivity (Wildman–Crippen MR) is 53.6 cm³/mol. The van der Waals surface area contributed by atoms with Crippen LogP contribution in [-0.4, -0.2) is 57.6 Å². The van der Waals surface area contributed by atoms with E-state index in [-0.39, 0.29) is 57.6 Å². The Balaban J connectivity index is 0.00000144. The zero-order chi connectivity index (χ0) is 8.81. The van der Waals surface area contributed by atoms with E-state index in [1.807, 2.05) is 6.92 Å². The van der Waals surface area contributed by atoms with Crippen LogP contribution in [0.5, 0.6) is 0 Å². The first-order chi connectivity index (χ1) is 5.83. The average molecular weight is 258 g/mol. The average Bonchev–Trinajstić information content (AvgIpc) is 2.06. The van der Waals surface area contributed by atoms with Crippen molar-refractivity contribution in [1.82, 2.24) is 0 Å². The maximum Gasteiger partial charge on any atom is 0.306 e. The summed E-state index contributed by atoms with van der Waals surface area (Å²) < 4.78 is 5.29. The minimum absolute atomic E-state index is 0. The number of rotatable bonds is 3. The molecule has 0 heterocycles. The van der Waals surface area contributed by atoms with Crippen molar-refractivity contribution in [3.05, 3.63) is 0 Å². The maximum absolute atomic E-state index is 11.1. The first-order valence-corrected chi connectivity index (χ1v) is 5.02. The van der Waals surface area contributed by atoms with E-state index in [1.54, 1.807) is 0 Å². The number of hydrogen-bond acceptors (Lipinski definition) is 2. The van der Waals surface area contributed by atoms with Crippen molar-refractivity contribution in [2.75, 3.05) is 0 Å². The van der Waals surface area contributed by atoms with Gasteiger partial charge in [0.05, 0.1) is 0 Å². The van der Waals surface area contributed by atoms with Gasteiger partial charge in [-0.1, -0.05) is 13.3 Å². The third-order valence-electron chi connectivity index (χ3n) is 2.30. The van der Waals surface area contributed by atoms with Gasteiger partial charge >= 0.3 is 5.97 Å². The Hall–Kier alpha value is 0.951. The van der Waals surface area contributed by atoms with E-state index in [0.717, 1.165) is 19.3 Å². The summed E-state index contributed by atoms with van der Waals surface area (Å²) in [6.07, 6.45) is 7.63. The fourth-order valence-corrected chi connectivity index (χ4v) is 1.63. The molecule has 3 heteroatoms. The smallest absolute Gasteiger partial charge is 0.306 e. The zero-order valence-corrected chi connectivity index (χ0v) is 12.0. The van der Waals surface area contributed by atoms with E-state index >= 15 is 0 Å². The Kier molecular flexibility index (Phi) is 8.88. The third-order valence-corrected chi connectivity index (χ3v) is 2.30. The summed E-state index contributed by atoms with van der Waals surface area (Å²) in [5.41, 5.74) is 0. The van der Waals surface area contributed by atoms with Gasteiger partial charge < -0.3 is 4.74 Å². The van der Waals surface area contributed by atoms with Crippen LogP contribution in [0, 0.1) is 0 Å². The van der Waals surface area contributed by atoms with Crippen LogP contribution in [0.2, 0.25) is 0 Å². The van der Waals surface area contributed by atoms with Crippen molar-refractivity contribution in [1.29, 1.82) is 0 Å². The summed E-state index contributed by atoms with van der Waals surface area (Å²) in [5.74, 6) is -0.00981. The molecule has 0 saturated heterocycles. The fraction of sp³-hybridized carbons (Fsp3) is 0.900. The number of ether oxygens (including phenoxy) is 1. The molecule has 2 radical (unpaired) electrons. The Morgan fingerprint density at radius 3 is 2.46 bits per heavy atom. The number of esters is 1. The minimum Gasteiger partial charge on any atom is -0.462 e. The van der Waals surface area contributed by atoms with E-state index in [1.165, 1.54) is 19.3 Å².